The van der Waals surface area contributed by atoms with Crippen molar-refractivity contribution in [2.75, 3.05) is 31.5 Å². The van der Waals surface area contributed by atoms with Gasteiger partial charge in [-0.25, -0.2) is 0 Å². The first-order valence-corrected chi connectivity index (χ1v) is 7.82. The zero-order valence-electron chi connectivity index (χ0n) is 7.09. The Labute approximate surface area is 78.4 Å². The van der Waals surface area contributed by atoms with E-state index in [0.29, 0.717) is 0 Å². The third-order valence-electron chi connectivity index (χ3n) is 0.914. The molecule has 11 heavy (non-hydrogen) atoms. The van der Waals surface area contributed by atoms with Crippen molar-refractivity contribution < 1.29 is 4.84 Å². The van der Waals surface area contributed by atoms with Gasteiger partial charge in [-0.05, 0) is 12.9 Å². The standard InChI is InChI=1S/C6H14NOPS2/c1-8-7-6(4-10-3)5-11-9-2/h9H,4-5H2,1-3H3/b7-6-. The Kier molecular flexibility index (Phi) is 9.17. The fourth-order valence-electron chi connectivity index (χ4n) is 0.546. The molecule has 0 spiro atoms. The van der Waals surface area contributed by atoms with Crippen molar-refractivity contribution in [1.29, 1.82) is 0 Å². The van der Waals surface area contributed by atoms with Crippen LogP contribution in [0.25, 0.3) is 0 Å². The second-order valence-corrected chi connectivity index (χ2v) is 5.71. The smallest absolute Gasteiger partial charge is 0.106 e. The highest BCUT2D eigenvalue weighted by atomic mass is 32.7. The van der Waals surface area contributed by atoms with Crippen LogP contribution in [0, 0.1) is 0 Å². The van der Waals surface area contributed by atoms with E-state index in [9.17, 15) is 0 Å². The van der Waals surface area contributed by atoms with Crippen LogP contribution in [0.15, 0.2) is 5.16 Å². The Morgan fingerprint density at radius 2 is 2.27 bits per heavy atom. The summed E-state index contributed by atoms with van der Waals surface area (Å²) in [7, 11) is 2.53. The van der Waals surface area contributed by atoms with E-state index < -0.39 is 0 Å². The molecule has 0 aromatic rings. The van der Waals surface area contributed by atoms with Gasteiger partial charge in [0.05, 0.1) is 5.71 Å². The lowest BCUT2D eigenvalue weighted by molar-refractivity contribution is 0.213. The van der Waals surface area contributed by atoms with E-state index in [4.69, 9.17) is 4.84 Å². The van der Waals surface area contributed by atoms with E-state index in [1.54, 1.807) is 18.9 Å². The molecule has 0 N–H and O–H groups in total. The molecule has 0 aliphatic heterocycles. The summed E-state index contributed by atoms with van der Waals surface area (Å²) < 4.78 is 0. The summed E-state index contributed by atoms with van der Waals surface area (Å²) in [5.41, 5.74) is 1.14. The molecule has 66 valence electrons. The quantitative estimate of drug-likeness (QED) is 0.382. The molecule has 0 radical (unpaired) electrons. The average molecular weight is 211 g/mol. The zero-order valence-corrected chi connectivity index (χ0v) is 9.72. The lowest BCUT2D eigenvalue weighted by Crippen LogP contribution is -2.04. The van der Waals surface area contributed by atoms with Crippen molar-refractivity contribution in [1.82, 2.24) is 0 Å². The topological polar surface area (TPSA) is 21.6 Å². The zero-order chi connectivity index (χ0) is 8.53. The van der Waals surface area contributed by atoms with E-state index >= 15 is 0 Å². The fraction of sp³-hybridized carbons (Fsp3) is 0.833. The predicted molar refractivity (Wildman–Crippen MR) is 59.5 cm³/mol. The molecule has 0 bridgehead atoms. The molecule has 0 saturated heterocycles. The van der Waals surface area contributed by atoms with Gasteiger partial charge >= 0.3 is 0 Å². The number of hydrogen-bond acceptors (Lipinski definition) is 4. The van der Waals surface area contributed by atoms with Gasteiger partial charge in [-0.1, -0.05) is 12.9 Å². The summed E-state index contributed by atoms with van der Waals surface area (Å²) in [6, 6.07) is 0. The van der Waals surface area contributed by atoms with Gasteiger partial charge in [0.15, 0.2) is 0 Å². The average Bonchev–Trinajstić information content (AvgIpc) is 2.01. The van der Waals surface area contributed by atoms with Gasteiger partial charge in [0.2, 0.25) is 0 Å². The molecule has 0 saturated carbocycles. The summed E-state index contributed by atoms with van der Waals surface area (Å²) in [5, 5.41) is 3.93. The molecule has 5 heteroatoms. The summed E-state index contributed by atoms with van der Waals surface area (Å²) in [4.78, 5) is 4.72. The van der Waals surface area contributed by atoms with Gasteiger partial charge in [-0.3, -0.25) is 0 Å². The van der Waals surface area contributed by atoms with Crippen LogP contribution in [0.2, 0.25) is 0 Å². The first kappa shape index (κ1) is 11.6. The Bertz CT molecular complexity index is 121. The normalized spacial score (nSPS) is 12.8. The largest absolute Gasteiger partial charge is 0.399 e. The van der Waals surface area contributed by atoms with Crippen LogP contribution in [0.1, 0.15) is 0 Å². The molecule has 0 aromatic carbocycles. The van der Waals surface area contributed by atoms with Crippen molar-refractivity contribution in [2.24, 2.45) is 5.16 Å². The van der Waals surface area contributed by atoms with Crippen molar-refractivity contribution in [3.8, 4) is 0 Å². The molecular formula is C6H14NOPS2. The van der Waals surface area contributed by atoms with Crippen LogP contribution in [-0.4, -0.2) is 37.2 Å². The number of oxime groups is 1. The molecule has 0 amide bonds. The van der Waals surface area contributed by atoms with Crippen molar-refractivity contribution in [3.63, 3.8) is 0 Å². The number of hydrogen-bond donors (Lipinski definition) is 0. The van der Waals surface area contributed by atoms with Gasteiger partial charge in [-0.2, -0.15) is 11.8 Å². The van der Waals surface area contributed by atoms with Gasteiger partial charge in [0.25, 0.3) is 0 Å². The van der Waals surface area contributed by atoms with Crippen LogP contribution in [0.4, 0.5) is 0 Å². The molecule has 0 fully saturated rings. The van der Waals surface area contributed by atoms with Gasteiger partial charge in [-0.15, -0.1) is 11.4 Å². The molecule has 1 atom stereocenters. The lowest BCUT2D eigenvalue weighted by Gasteiger charge is -2.01. The second kappa shape index (κ2) is 8.69. The molecule has 0 aromatic heterocycles. The maximum atomic E-state index is 4.72. The van der Waals surface area contributed by atoms with Crippen LogP contribution in [-0.2, 0) is 4.84 Å². The molecule has 0 rings (SSSR count). The monoisotopic (exact) mass is 211 g/mol. The van der Waals surface area contributed by atoms with Crippen molar-refractivity contribution in [2.45, 2.75) is 0 Å². The van der Waals surface area contributed by atoms with E-state index in [2.05, 4.69) is 18.1 Å². The predicted octanol–water partition coefficient (Wildman–Crippen LogP) is 2.31. The van der Waals surface area contributed by atoms with Gasteiger partial charge < -0.3 is 4.84 Å². The van der Waals surface area contributed by atoms with Gasteiger partial charge in [0, 0.05) is 11.5 Å². The first-order valence-electron chi connectivity index (χ1n) is 3.21. The van der Waals surface area contributed by atoms with E-state index in [1.807, 2.05) is 11.4 Å². The Balaban J connectivity index is 3.60. The van der Waals surface area contributed by atoms with E-state index in [0.717, 1.165) is 25.0 Å². The number of nitrogens with zero attached hydrogens (tertiary/aromatic N) is 1. The summed E-state index contributed by atoms with van der Waals surface area (Å²) in [5.74, 6) is 1.98. The second-order valence-electron chi connectivity index (χ2n) is 1.77. The third-order valence-corrected chi connectivity index (χ3v) is 3.60. The molecule has 0 aliphatic rings. The third kappa shape index (κ3) is 6.98. The molecule has 0 aliphatic carbocycles. The molecule has 1 unspecified atom stereocenters. The minimum absolute atomic E-state index is 0.930. The highest BCUT2D eigenvalue weighted by Gasteiger charge is 1.98. The van der Waals surface area contributed by atoms with E-state index in [1.165, 1.54) is 0 Å². The number of rotatable bonds is 6. The van der Waals surface area contributed by atoms with Crippen LogP contribution >= 0.6 is 30.9 Å². The van der Waals surface area contributed by atoms with Gasteiger partial charge in [0.1, 0.15) is 7.11 Å². The Morgan fingerprint density at radius 1 is 1.55 bits per heavy atom. The maximum Gasteiger partial charge on any atom is 0.106 e. The fourth-order valence-corrected chi connectivity index (χ4v) is 2.56. The first-order chi connectivity index (χ1) is 5.35. The SMILES string of the molecule is CO/N=C(/CSC)CSPC. The van der Waals surface area contributed by atoms with Crippen LogP contribution < -0.4 is 0 Å². The summed E-state index contributed by atoms with van der Waals surface area (Å²) in [6.07, 6.45) is 2.07. The molecule has 0 heterocycles. The lowest BCUT2D eigenvalue weighted by atomic mass is 10.5. The highest BCUT2D eigenvalue weighted by molar-refractivity contribution is 8.49. The minimum atomic E-state index is 0.930. The summed E-state index contributed by atoms with van der Waals surface area (Å²) in [6.45, 7) is 2.17. The molecule has 2 nitrogen and oxygen atoms in total. The molecular weight excluding hydrogens is 197 g/mol. The minimum Gasteiger partial charge on any atom is -0.399 e. The Hall–Kier alpha value is 0.600. The Morgan fingerprint density at radius 3 is 2.73 bits per heavy atom. The van der Waals surface area contributed by atoms with Crippen molar-refractivity contribution >= 4 is 36.6 Å². The van der Waals surface area contributed by atoms with Crippen molar-refractivity contribution in [3.05, 3.63) is 0 Å². The van der Waals surface area contributed by atoms with Crippen LogP contribution in [0.3, 0.4) is 0 Å². The number of thioether (sulfide) groups is 1. The van der Waals surface area contributed by atoms with Crippen LogP contribution in [0.5, 0.6) is 0 Å². The summed E-state index contributed by atoms with van der Waals surface area (Å²) >= 11 is 3.68. The highest BCUT2D eigenvalue weighted by Crippen LogP contribution is 2.24. The maximum absolute atomic E-state index is 4.72. The van der Waals surface area contributed by atoms with E-state index in [-0.39, 0.29) is 0 Å².